The van der Waals surface area contributed by atoms with E-state index in [1.165, 1.54) is 10.1 Å². The molecule has 1 aromatic carbocycles. The third-order valence-electron chi connectivity index (χ3n) is 5.44. The number of methoxy groups -OCH3 is 1. The Hall–Kier alpha value is -2.91. The monoisotopic (exact) mass is 444 g/mol. The number of hydrogen-bond donors (Lipinski definition) is 1. The molecular weight excluding hydrogens is 412 g/mol. The van der Waals surface area contributed by atoms with Crippen LogP contribution in [0.3, 0.4) is 0 Å². The highest BCUT2D eigenvalue weighted by molar-refractivity contribution is 5.71. The summed E-state index contributed by atoms with van der Waals surface area (Å²) in [5.41, 5.74) is 0.950. The summed E-state index contributed by atoms with van der Waals surface area (Å²) in [6.45, 7) is 6.89. The first kappa shape index (κ1) is 23.7. The maximum atomic E-state index is 13.3. The standard InChI is InChI=1S/C23H32N4O5/c1-5-11-26-21-20(25(12-13-31-4)16(3)24-21)22(29)27(23(26)30)14-18(28)15-32-19-9-7-17(6-2)8-10-19/h7-10,18,28H,5-6,11-15H2,1-4H3/t18-/m1/s1. The lowest BCUT2D eigenvalue weighted by Gasteiger charge is -2.16. The van der Waals surface area contributed by atoms with Gasteiger partial charge in [0.2, 0.25) is 0 Å². The van der Waals surface area contributed by atoms with Gasteiger partial charge in [0.1, 0.15) is 24.3 Å². The van der Waals surface area contributed by atoms with Gasteiger partial charge in [0, 0.05) is 20.2 Å². The van der Waals surface area contributed by atoms with Crippen LogP contribution in [0.5, 0.6) is 5.75 Å². The third-order valence-corrected chi connectivity index (χ3v) is 5.44. The number of aliphatic hydroxyl groups excluding tert-OH is 1. The van der Waals surface area contributed by atoms with Crippen molar-refractivity contribution >= 4 is 11.2 Å². The van der Waals surface area contributed by atoms with E-state index >= 15 is 0 Å². The summed E-state index contributed by atoms with van der Waals surface area (Å²) in [6.07, 6.45) is 0.602. The van der Waals surface area contributed by atoms with Gasteiger partial charge in [-0.05, 0) is 37.5 Å². The molecule has 0 saturated heterocycles. The molecule has 174 valence electrons. The minimum Gasteiger partial charge on any atom is -0.491 e. The van der Waals surface area contributed by atoms with Crippen LogP contribution < -0.4 is 16.0 Å². The van der Waals surface area contributed by atoms with E-state index < -0.39 is 17.4 Å². The van der Waals surface area contributed by atoms with E-state index in [0.717, 1.165) is 11.0 Å². The normalized spacial score (nSPS) is 12.4. The summed E-state index contributed by atoms with van der Waals surface area (Å²) in [7, 11) is 1.59. The second kappa shape index (κ2) is 10.6. The molecule has 0 amide bonds. The lowest BCUT2D eigenvalue weighted by Crippen LogP contribution is -2.44. The van der Waals surface area contributed by atoms with Gasteiger partial charge in [0.25, 0.3) is 5.56 Å². The van der Waals surface area contributed by atoms with Crippen LogP contribution in [0, 0.1) is 6.92 Å². The van der Waals surface area contributed by atoms with Gasteiger partial charge in [0.05, 0.1) is 13.2 Å². The minimum atomic E-state index is -1.03. The molecule has 0 unspecified atom stereocenters. The molecule has 0 aliphatic carbocycles. The van der Waals surface area contributed by atoms with Gasteiger partial charge >= 0.3 is 5.69 Å². The number of benzene rings is 1. The third kappa shape index (κ3) is 4.94. The van der Waals surface area contributed by atoms with Gasteiger partial charge < -0.3 is 19.1 Å². The van der Waals surface area contributed by atoms with Crippen LogP contribution in [-0.2, 0) is 30.8 Å². The van der Waals surface area contributed by atoms with E-state index in [9.17, 15) is 14.7 Å². The summed E-state index contributed by atoms with van der Waals surface area (Å²) in [5.74, 6) is 1.26. The second-order valence-corrected chi connectivity index (χ2v) is 7.79. The molecular formula is C23H32N4O5. The maximum absolute atomic E-state index is 13.3. The first-order valence-electron chi connectivity index (χ1n) is 11.0. The number of aliphatic hydroxyl groups is 1. The van der Waals surface area contributed by atoms with Crippen LogP contribution in [0.25, 0.3) is 11.2 Å². The van der Waals surface area contributed by atoms with Crippen molar-refractivity contribution in [1.29, 1.82) is 0 Å². The summed E-state index contributed by atoms with van der Waals surface area (Å²) in [6, 6.07) is 7.62. The van der Waals surface area contributed by atoms with Crippen molar-refractivity contribution in [2.24, 2.45) is 0 Å². The van der Waals surface area contributed by atoms with E-state index in [1.54, 1.807) is 18.6 Å². The molecule has 0 spiro atoms. The molecule has 0 saturated carbocycles. The lowest BCUT2D eigenvalue weighted by atomic mass is 10.2. The van der Waals surface area contributed by atoms with Crippen LogP contribution >= 0.6 is 0 Å². The Morgan fingerprint density at radius 2 is 1.78 bits per heavy atom. The van der Waals surface area contributed by atoms with Gasteiger partial charge in [-0.3, -0.25) is 13.9 Å². The highest BCUT2D eigenvalue weighted by Gasteiger charge is 2.21. The SMILES string of the molecule is CCCn1c(=O)n(C[C@@H](O)COc2ccc(CC)cc2)c(=O)c2c1nc(C)n2CCOC. The predicted octanol–water partition coefficient (Wildman–Crippen LogP) is 1.73. The molecule has 3 rings (SSSR count). The summed E-state index contributed by atoms with van der Waals surface area (Å²) in [5, 5.41) is 10.5. The van der Waals surface area contributed by atoms with E-state index in [0.29, 0.717) is 48.9 Å². The molecule has 0 aliphatic rings. The van der Waals surface area contributed by atoms with Crippen LogP contribution in [-0.4, -0.2) is 50.2 Å². The Morgan fingerprint density at radius 1 is 1.06 bits per heavy atom. The molecule has 9 heteroatoms. The van der Waals surface area contributed by atoms with E-state index in [1.807, 2.05) is 31.2 Å². The smallest absolute Gasteiger partial charge is 0.332 e. The Balaban J connectivity index is 1.92. The molecule has 2 aromatic heterocycles. The number of ether oxygens (including phenoxy) is 2. The van der Waals surface area contributed by atoms with E-state index in [2.05, 4.69) is 11.9 Å². The molecule has 0 radical (unpaired) electrons. The number of nitrogens with zero attached hydrogens (tertiary/aromatic N) is 4. The topological polar surface area (TPSA) is 101 Å². The molecule has 0 aliphatic heterocycles. The molecule has 1 N–H and O–H groups in total. The Labute approximate surface area is 186 Å². The van der Waals surface area contributed by atoms with E-state index in [4.69, 9.17) is 9.47 Å². The molecule has 1 atom stereocenters. The average molecular weight is 445 g/mol. The van der Waals surface area contributed by atoms with Gasteiger partial charge in [-0.25, -0.2) is 9.78 Å². The first-order valence-corrected chi connectivity index (χ1v) is 11.0. The Morgan fingerprint density at radius 3 is 2.41 bits per heavy atom. The summed E-state index contributed by atoms with van der Waals surface area (Å²) < 4.78 is 15.2. The number of aryl methyl sites for hydroxylation is 3. The van der Waals surface area contributed by atoms with Crippen molar-refractivity contribution in [2.75, 3.05) is 20.3 Å². The molecule has 2 heterocycles. The number of imidazole rings is 1. The van der Waals surface area contributed by atoms with Crippen LogP contribution in [0.2, 0.25) is 0 Å². The second-order valence-electron chi connectivity index (χ2n) is 7.79. The number of hydrogen-bond acceptors (Lipinski definition) is 6. The zero-order valence-electron chi connectivity index (χ0n) is 19.2. The quantitative estimate of drug-likeness (QED) is 0.483. The fourth-order valence-corrected chi connectivity index (χ4v) is 3.72. The maximum Gasteiger partial charge on any atom is 0.332 e. The van der Waals surface area contributed by atoms with Crippen molar-refractivity contribution in [3.05, 3.63) is 56.5 Å². The Bertz CT molecular complexity index is 1160. The van der Waals surface area contributed by atoms with Crippen LogP contribution in [0.15, 0.2) is 33.9 Å². The highest BCUT2D eigenvalue weighted by atomic mass is 16.5. The summed E-state index contributed by atoms with van der Waals surface area (Å²) >= 11 is 0. The highest BCUT2D eigenvalue weighted by Crippen LogP contribution is 2.14. The van der Waals surface area contributed by atoms with Crippen molar-refractivity contribution < 1.29 is 14.6 Å². The van der Waals surface area contributed by atoms with Gasteiger partial charge in [0.15, 0.2) is 11.2 Å². The van der Waals surface area contributed by atoms with Crippen molar-refractivity contribution in [3.63, 3.8) is 0 Å². The van der Waals surface area contributed by atoms with E-state index in [-0.39, 0.29) is 13.2 Å². The molecule has 0 bridgehead atoms. The molecule has 32 heavy (non-hydrogen) atoms. The van der Waals surface area contributed by atoms with Gasteiger partial charge in [-0.2, -0.15) is 0 Å². The number of rotatable bonds is 11. The molecule has 9 nitrogen and oxygen atoms in total. The zero-order chi connectivity index (χ0) is 23.3. The first-order chi connectivity index (χ1) is 15.4. The Kier molecular flexibility index (Phi) is 7.87. The van der Waals surface area contributed by atoms with Crippen molar-refractivity contribution in [2.45, 2.75) is 59.4 Å². The van der Waals surface area contributed by atoms with Crippen LogP contribution in [0.4, 0.5) is 0 Å². The molecule has 3 aromatic rings. The zero-order valence-corrected chi connectivity index (χ0v) is 19.2. The van der Waals surface area contributed by atoms with Gasteiger partial charge in [-0.1, -0.05) is 26.0 Å². The van der Waals surface area contributed by atoms with Crippen molar-refractivity contribution in [1.82, 2.24) is 18.7 Å². The lowest BCUT2D eigenvalue weighted by molar-refractivity contribution is 0.0901. The molecule has 0 fully saturated rings. The minimum absolute atomic E-state index is 0.0366. The largest absolute Gasteiger partial charge is 0.491 e. The number of fused-ring (bicyclic) bond motifs is 1. The van der Waals surface area contributed by atoms with Crippen LogP contribution in [0.1, 0.15) is 31.7 Å². The van der Waals surface area contributed by atoms with Gasteiger partial charge in [-0.15, -0.1) is 0 Å². The van der Waals surface area contributed by atoms with Crippen molar-refractivity contribution in [3.8, 4) is 5.75 Å². The number of aromatic nitrogens is 4. The predicted molar refractivity (Wildman–Crippen MR) is 122 cm³/mol. The fourth-order valence-electron chi connectivity index (χ4n) is 3.72. The fraction of sp³-hybridized carbons (Fsp3) is 0.522. The average Bonchev–Trinajstić information content (AvgIpc) is 3.12. The summed E-state index contributed by atoms with van der Waals surface area (Å²) in [4.78, 5) is 30.9.